The highest BCUT2D eigenvalue weighted by molar-refractivity contribution is 7.13. The highest BCUT2D eigenvalue weighted by atomic mass is 32.1. The molecule has 0 radical (unpaired) electrons. The number of hydrogen-bond donors (Lipinski definition) is 3. The summed E-state index contributed by atoms with van der Waals surface area (Å²) in [5.41, 5.74) is 1.60. The lowest BCUT2D eigenvalue weighted by atomic mass is 10.2. The lowest BCUT2D eigenvalue weighted by Gasteiger charge is -1.94. The van der Waals surface area contributed by atoms with E-state index in [1.165, 1.54) is 23.5 Å². The molecule has 0 amide bonds. The monoisotopic (exact) mass is 260 g/mol. The minimum atomic E-state index is -0.964. The van der Waals surface area contributed by atoms with Crippen molar-refractivity contribution in [2.45, 2.75) is 0 Å². The normalized spacial score (nSPS) is 10.7. The van der Waals surface area contributed by atoms with Gasteiger partial charge in [0.05, 0.1) is 16.6 Å². The summed E-state index contributed by atoms with van der Waals surface area (Å²) in [5.74, 6) is -0.420. The van der Waals surface area contributed by atoms with Crippen LogP contribution in [0.2, 0.25) is 0 Å². The van der Waals surface area contributed by atoms with Gasteiger partial charge in [0.1, 0.15) is 0 Å². The fourth-order valence-corrected chi connectivity index (χ4v) is 2.11. The van der Waals surface area contributed by atoms with Crippen molar-refractivity contribution in [2.24, 2.45) is 0 Å². The summed E-state index contributed by atoms with van der Waals surface area (Å²) in [6.45, 7) is 0. The Kier molecular flexibility index (Phi) is 2.45. The topological polar surface area (TPSA) is 90.9 Å². The van der Waals surface area contributed by atoms with Crippen molar-refractivity contribution >= 4 is 39.4 Å². The van der Waals surface area contributed by atoms with Crippen molar-refractivity contribution in [1.82, 2.24) is 15.0 Å². The first-order valence-electron chi connectivity index (χ1n) is 5.12. The van der Waals surface area contributed by atoms with Crippen molar-refractivity contribution in [3.8, 4) is 0 Å². The smallest absolute Gasteiger partial charge is 0.335 e. The molecule has 90 valence electrons. The number of thiazole rings is 1. The Bertz CT molecular complexity index is 705. The fourth-order valence-electron chi connectivity index (χ4n) is 1.58. The van der Waals surface area contributed by atoms with Crippen LogP contribution in [0.4, 0.5) is 11.1 Å². The van der Waals surface area contributed by atoms with Crippen LogP contribution in [0.3, 0.4) is 0 Å². The van der Waals surface area contributed by atoms with E-state index in [-0.39, 0.29) is 5.56 Å². The Morgan fingerprint density at radius 1 is 1.44 bits per heavy atom. The lowest BCUT2D eigenvalue weighted by molar-refractivity contribution is 0.0697. The fraction of sp³-hybridized carbons (Fsp3) is 0. The molecule has 1 aromatic carbocycles. The molecule has 18 heavy (non-hydrogen) atoms. The summed E-state index contributed by atoms with van der Waals surface area (Å²) in [6.07, 6.45) is 1.69. The van der Waals surface area contributed by atoms with Crippen LogP contribution in [0.5, 0.6) is 0 Å². The second-order valence-electron chi connectivity index (χ2n) is 3.58. The molecule has 0 aliphatic rings. The van der Waals surface area contributed by atoms with Crippen molar-refractivity contribution in [1.29, 1.82) is 0 Å². The number of H-pyrrole nitrogens is 1. The van der Waals surface area contributed by atoms with E-state index < -0.39 is 5.97 Å². The third kappa shape index (κ3) is 1.91. The predicted octanol–water partition coefficient (Wildman–Crippen LogP) is 2.46. The number of aromatic amines is 1. The maximum Gasteiger partial charge on any atom is 0.335 e. The maximum absolute atomic E-state index is 10.8. The number of aromatic nitrogens is 3. The zero-order valence-corrected chi connectivity index (χ0v) is 9.86. The van der Waals surface area contributed by atoms with E-state index in [0.29, 0.717) is 11.5 Å². The van der Waals surface area contributed by atoms with Crippen LogP contribution in [0.15, 0.2) is 29.8 Å². The number of nitrogens with zero attached hydrogens (tertiary/aromatic N) is 2. The summed E-state index contributed by atoms with van der Waals surface area (Å²) in [6, 6.07) is 4.76. The van der Waals surface area contributed by atoms with E-state index in [9.17, 15) is 4.79 Å². The van der Waals surface area contributed by atoms with Gasteiger partial charge in [-0.25, -0.2) is 14.8 Å². The molecule has 0 atom stereocenters. The zero-order chi connectivity index (χ0) is 12.5. The minimum Gasteiger partial charge on any atom is -0.478 e. The molecular weight excluding hydrogens is 252 g/mol. The summed E-state index contributed by atoms with van der Waals surface area (Å²) in [5, 5.41) is 14.5. The van der Waals surface area contributed by atoms with Gasteiger partial charge in [-0.05, 0) is 18.2 Å². The van der Waals surface area contributed by atoms with E-state index in [1.54, 1.807) is 12.3 Å². The highest BCUT2D eigenvalue weighted by Gasteiger charge is 2.08. The second kappa shape index (κ2) is 4.11. The van der Waals surface area contributed by atoms with Crippen LogP contribution < -0.4 is 5.32 Å². The molecule has 0 bridgehead atoms. The molecule has 0 unspecified atom stereocenters. The van der Waals surface area contributed by atoms with E-state index in [0.717, 1.165) is 10.6 Å². The lowest BCUT2D eigenvalue weighted by Crippen LogP contribution is -1.94. The number of imidazole rings is 1. The van der Waals surface area contributed by atoms with Crippen LogP contribution in [-0.4, -0.2) is 26.0 Å². The number of carboxylic acid groups (broad SMARTS) is 1. The molecule has 2 aromatic heterocycles. The van der Waals surface area contributed by atoms with Gasteiger partial charge in [0.25, 0.3) is 0 Å². The van der Waals surface area contributed by atoms with E-state index in [4.69, 9.17) is 5.11 Å². The number of rotatable bonds is 3. The SMILES string of the molecule is O=C(O)c1ccc2[nH]c(Nc3nccs3)nc2c1. The number of fused-ring (bicyclic) bond motifs is 1. The van der Waals surface area contributed by atoms with E-state index >= 15 is 0 Å². The Morgan fingerprint density at radius 3 is 3.06 bits per heavy atom. The standard InChI is InChI=1S/C11H8N4O2S/c16-9(17)6-1-2-7-8(5-6)14-10(13-7)15-11-12-3-4-18-11/h1-5H,(H,16,17)(H2,12,13,14,15). The molecule has 0 saturated heterocycles. The Labute approximate surface area is 105 Å². The van der Waals surface area contributed by atoms with Gasteiger partial charge in [0.2, 0.25) is 5.95 Å². The maximum atomic E-state index is 10.8. The quantitative estimate of drug-likeness (QED) is 0.673. The van der Waals surface area contributed by atoms with Gasteiger partial charge in [0.15, 0.2) is 5.13 Å². The zero-order valence-electron chi connectivity index (χ0n) is 9.04. The van der Waals surface area contributed by atoms with Crippen LogP contribution in [-0.2, 0) is 0 Å². The molecule has 2 heterocycles. The van der Waals surface area contributed by atoms with Crippen LogP contribution in [0.25, 0.3) is 11.0 Å². The summed E-state index contributed by atoms with van der Waals surface area (Å²) in [4.78, 5) is 22.2. The number of benzene rings is 1. The van der Waals surface area contributed by atoms with Crippen LogP contribution >= 0.6 is 11.3 Å². The number of nitrogens with one attached hydrogen (secondary N) is 2. The molecule has 3 rings (SSSR count). The van der Waals surface area contributed by atoms with Gasteiger partial charge in [-0.1, -0.05) is 0 Å². The van der Waals surface area contributed by atoms with Gasteiger partial charge in [-0.3, -0.25) is 0 Å². The highest BCUT2D eigenvalue weighted by Crippen LogP contribution is 2.20. The Balaban J connectivity index is 1.98. The van der Waals surface area contributed by atoms with Crippen molar-refractivity contribution in [3.05, 3.63) is 35.3 Å². The second-order valence-corrected chi connectivity index (χ2v) is 4.48. The third-order valence-corrected chi connectivity index (χ3v) is 3.08. The van der Waals surface area contributed by atoms with Gasteiger partial charge in [-0.2, -0.15) is 0 Å². The minimum absolute atomic E-state index is 0.217. The molecule has 7 heteroatoms. The third-order valence-electron chi connectivity index (χ3n) is 2.39. The Hall–Kier alpha value is -2.41. The number of hydrogen-bond acceptors (Lipinski definition) is 5. The molecule has 0 spiro atoms. The molecule has 0 saturated carbocycles. The van der Waals surface area contributed by atoms with Crippen LogP contribution in [0, 0.1) is 0 Å². The van der Waals surface area contributed by atoms with Crippen molar-refractivity contribution in [2.75, 3.05) is 5.32 Å². The summed E-state index contributed by atoms with van der Waals surface area (Å²) >= 11 is 1.46. The number of aromatic carboxylic acids is 1. The average molecular weight is 260 g/mol. The molecule has 0 aliphatic carbocycles. The summed E-state index contributed by atoms with van der Waals surface area (Å²) < 4.78 is 0. The number of carbonyl (C=O) groups is 1. The van der Waals surface area contributed by atoms with Crippen LogP contribution in [0.1, 0.15) is 10.4 Å². The van der Waals surface area contributed by atoms with E-state index in [2.05, 4.69) is 20.3 Å². The predicted molar refractivity (Wildman–Crippen MR) is 68.4 cm³/mol. The van der Waals surface area contributed by atoms with Gasteiger partial charge in [-0.15, -0.1) is 11.3 Å². The van der Waals surface area contributed by atoms with Crippen molar-refractivity contribution in [3.63, 3.8) is 0 Å². The largest absolute Gasteiger partial charge is 0.478 e. The van der Waals surface area contributed by atoms with Gasteiger partial charge < -0.3 is 15.4 Å². The van der Waals surface area contributed by atoms with Gasteiger partial charge >= 0.3 is 5.97 Å². The first kappa shape index (κ1) is 10.7. The molecule has 3 N–H and O–H groups in total. The number of carboxylic acids is 1. The average Bonchev–Trinajstić information content (AvgIpc) is 2.96. The first-order chi connectivity index (χ1) is 8.72. The van der Waals surface area contributed by atoms with Crippen molar-refractivity contribution < 1.29 is 9.90 Å². The molecule has 3 aromatic rings. The summed E-state index contributed by atoms with van der Waals surface area (Å²) in [7, 11) is 0. The van der Waals surface area contributed by atoms with Gasteiger partial charge in [0, 0.05) is 11.6 Å². The Morgan fingerprint density at radius 2 is 2.33 bits per heavy atom. The first-order valence-corrected chi connectivity index (χ1v) is 6.00. The number of anilines is 2. The molecule has 0 fully saturated rings. The molecular formula is C11H8N4O2S. The molecule has 6 nitrogen and oxygen atoms in total. The van der Waals surface area contributed by atoms with E-state index in [1.807, 2.05) is 5.38 Å². The molecule has 0 aliphatic heterocycles.